The molecule has 1 rings (SSSR count). The molecule has 0 aliphatic carbocycles. The second-order valence-corrected chi connectivity index (χ2v) is 4.30. The highest BCUT2D eigenvalue weighted by Gasteiger charge is 2.25. The summed E-state index contributed by atoms with van der Waals surface area (Å²) in [5.41, 5.74) is -0.582. The number of nitro groups is 1. The van der Waals surface area contributed by atoms with Crippen molar-refractivity contribution in [3.8, 4) is 11.5 Å². The zero-order chi connectivity index (χ0) is 13.2. The number of nitrogens with zero attached hydrogens (tertiary/aromatic N) is 1. The van der Waals surface area contributed by atoms with Crippen LogP contribution in [0.15, 0.2) is 17.0 Å². The Bertz CT molecular complexity index is 551. The monoisotopic (exact) mass is 263 g/mol. The zero-order valence-electron chi connectivity index (χ0n) is 8.91. The van der Waals surface area contributed by atoms with E-state index in [-0.39, 0.29) is 11.5 Å². The fraction of sp³-hybridized carbons (Fsp3) is 0.250. The molecule has 0 radical (unpaired) electrons. The Morgan fingerprint density at radius 3 is 2.12 bits per heavy atom. The molecule has 0 aromatic heterocycles. The third-order valence-electron chi connectivity index (χ3n) is 1.94. The molecule has 0 bridgehead atoms. The van der Waals surface area contributed by atoms with Crippen molar-refractivity contribution in [3.63, 3.8) is 0 Å². The van der Waals surface area contributed by atoms with Crippen molar-refractivity contribution >= 4 is 15.8 Å². The fourth-order valence-corrected chi connectivity index (χ4v) is 1.85. The maximum atomic E-state index is 11.0. The largest absolute Gasteiger partial charge is 0.495 e. The average molecular weight is 263 g/mol. The van der Waals surface area contributed by atoms with Crippen LogP contribution in [0.5, 0.6) is 11.5 Å². The summed E-state index contributed by atoms with van der Waals surface area (Å²) in [4.78, 5) is 9.15. The molecule has 0 saturated carbocycles. The van der Waals surface area contributed by atoms with Crippen LogP contribution in [0.25, 0.3) is 0 Å². The van der Waals surface area contributed by atoms with Gasteiger partial charge < -0.3 is 9.47 Å². The minimum atomic E-state index is -4.61. The van der Waals surface area contributed by atoms with Gasteiger partial charge in [-0.1, -0.05) is 0 Å². The van der Waals surface area contributed by atoms with E-state index in [4.69, 9.17) is 14.0 Å². The van der Waals surface area contributed by atoms with Gasteiger partial charge in [-0.05, 0) is 0 Å². The van der Waals surface area contributed by atoms with E-state index in [1.165, 1.54) is 7.11 Å². The molecule has 0 spiro atoms. The summed E-state index contributed by atoms with van der Waals surface area (Å²) in [5.74, 6) is -0.408. The Hall–Kier alpha value is -1.87. The number of nitro benzene ring substituents is 1. The topological polar surface area (TPSA) is 116 Å². The Kier molecular flexibility index (Phi) is 3.53. The van der Waals surface area contributed by atoms with Gasteiger partial charge in [0.25, 0.3) is 10.1 Å². The maximum Gasteiger partial charge on any atom is 0.312 e. The first-order chi connectivity index (χ1) is 7.81. The van der Waals surface area contributed by atoms with Crippen molar-refractivity contribution in [1.82, 2.24) is 0 Å². The lowest BCUT2D eigenvalue weighted by Crippen LogP contribution is -2.04. The van der Waals surface area contributed by atoms with E-state index in [0.717, 1.165) is 13.2 Å². The van der Waals surface area contributed by atoms with Crippen LogP contribution in [0.1, 0.15) is 0 Å². The van der Waals surface area contributed by atoms with Gasteiger partial charge in [-0.15, -0.1) is 0 Å². The summed E-state index contributed by atoms with van der Waals surface area (Å²) >= 11 is 0. The number of methoxy groups -OCH3 is 2. The molecule has 17 heavy (non-hydrogen) atoms. The maximum absolute atomic E-state index is 11.0. The second-order valence-electron chi connectivity index (χ2n) is 2.91. The highest BCUT2D eigenvalue weighted by Crippen LogP contribution is 2.36. The number of hydrogen-bond donors (Lipinski definition) is 1. The van der Waals surface area contributed by atoms with Gasteiger partial charge in [0.1, 0.15) is 10.6 Å². The predicted molar refractivity (Wildman–Crippen MR) is 56.0 cm³/mol. The molecule has 0 aliphatic rings. The van der Waals surface area contributed by atoms with Gasteiger partial charge in [-0.25, -0.2) is 0 Å². The second kappa shape index (κ2) is 4.55. The Balaban J connectivity index is 3.62. The Morgan fingerprint density at radius 2 is 1.76 bits per heavy atom. The fourth-order valence-electron chi connectivity index (χ4n) is 1.20. The van der Waals surface area contributed by atoms with Crippen LogP contribution >= 0.6 is 0 Å². The molecule has 0 aliphatic heterocycles. The van der Waals surface area contributed by atoms with Crippen LogP contribution in [0.3, 0.4) is 0 Å². The highest BCUT2D eigenvalue weighted by atomic mass is 32.2. The normalized spacial score (nSPS) is 11.0. The molecule has 0 amide bonds. The molecule has 1 aromatic rings. The van der Waals surface area contributed by atoms with Crippen LogP contribution in [-0.2, 0) is 10.1 Å². The lowest BCUT2D eigenvalue weighted by atomic mass is 10.3. The molecule has 0 atom stereocenters. The summed E-state index contributed by atoms with van der Waals surface area (Å²) in [7, 11) is -2.26. The number of rotatable bonds is 4. The average Bonchev–Trinajstić information content (AvgIpc) is 2.25. The number of hydrogen-bond acceptors (Lipinski definition) is 6. The van der Waals surface area contributed by atoms with E-state index in [9.17, 15) is 18.5 Å². The molecule has 0 unspecified atom stereocenters. The smallest absolute Gasteiger partial charge is 0.312 e. The third kappa shape index (κ3) is 2.63. The van der Waals surface area contributed by atoms with E-state index >= 15 is 0 Å². The first kappa shape index (κ1) is 13.2. The number of ether oxygens (including phenoxy) is 2. The molecule has 94 valence electrons. The van der Waals surface area contributed by atoms with Crippen molar-refractivity contribution in [1.29, 1.82) is 0 Å². The first-order valence-electron chi connectivity index (χ1n) is 4.19. The zero-order valence-corrected chi connectivity index (χ0v) is 9.72. The molecule has 9 heteroatoms. The Morgan fingerprint density at radius 1 is 1.24 bits per heavy atom. The lowest BCUT2D eigenvalue weighted by Gasteiger charge is -2.08. The van der Waals surface area contributed by atoms with E-state index in [2.05, 4.69) is 0 Å². The quantitative estimate of drug-likeness (QED) is 0.486. The lowest BCUT2D eigenvalue weighted by molar-refractivity contribution is -0.386. The summed E-state index contributed by atoms with van der Waals surface area (Å²) in [6.45, 7) is 0. The van der Waals surface area contributed by atoms with E-state index in [1.807, 2.05) is 0 Å². The highest BCUT2D eigenvalue weighted by molar-refractivity contribution is 7.86. The van der Waals surface area contributed by atoms with Gasteiger partial charge in [-0.3, -0.25) is 14.7 Å². The number of benzene rings is 1. The molecule has 0 fully saturated rings. The standard InChI is InChI=1S/C8H9NO7S/c1-15-6-4-7(16-2)8(17(12,13)14)3-5(6)9(10)11/h3-4H,1-2H3,(H,12,13,14). The molecule has 0 saturated heterocycles. The molecule has 1 aromatic carbocycles. The van der Waals surface area contributed by atoms with Crippen LogP contribution in [0, 0.1) is 10.1 Å². The van der Waals surface area contributed by atoms with Crippen LogP contribution < -0.4 is 9.47 Å². The van der Waals surface area contributed by atoms with Gasteiger partial charge in [0.15, 0.2) is 0 Å². The van der Waals surface area contributed by atoms with Crippen molar-refractivity contribution in [2.45, 2.75) is 4.90 Å². The van der Waals surface area contributed by atoms with Gasteiger partial charge in [0, 0.05) is 12.1 Å². The van der Waals surface area contributed by atoms with E-state index < -0.39 is 25.6 Å². The third-order valence-corrected chi connectivity index (χ3v) is 2.81. The van der Waals surface area contributed by atoms with Gasteiger partial charge in [0.05, 0.1) is 19.1 Å². The van der Waals surface area contributed by atoms with Crippen LogP contribution in [0.2, 0.25) is 0 Å². The van der Waals surface area contributed by atoms with Crippen molar-refractivity contribution in [3.05, 3.63) is 22.2 Å². The van der Waals surface area contributed by atoms with E-state index in [0.29, 0.717) is 6.07 Å². The predicted octanol–water partition coefficient (Wildman–Crippen LogP) is 0.859. The SMILES string of the molecule is COc1cc(OC)c(S(=O)(=O)O)cc1[N+](=O)[O-]. The summed E-state index contributed by atoms with van der Waals surface area (Å²) < 4.78 is 40.3. The summed E-state index contributed by atoms with van der Waals surface area (Å²) in [5, 5.41) is 10.7. The van der Waals surface area contributed by atoms with Gasteiger partial charge in [-0.2, -0.15) is 8.42 Å². The molecule has 0 heterocycles. The first-order valence-corrected chi connectivity index (χ1v) is 5.63. The Labute approximate surface area is 96.7 Å². The molecular formula is C8H9NO7S. The minimum absolute atomic E-state index is 0.167. The minimum Gasteiger partial charge on any atom is -0.495 e. The van der Waals surface area contributed by atoms with Crippen LogP contribution in [0.4, 0.5) is 5.69 Å². The molecule has 1 N–H and O–H groups in total. The summed E-state index contributed by atoms with van der Waals surface area (Å²) in [6, 6.07) is 1.69. The van der Waals surface area contributed by atoms with Gasteiger partial charge >= 0.3 is 5.69 Å². The van der Waals surface area contributed by atoms with Crippen LogP contribution in [-0.4, -0.2) is 32.1 Å². The van der Waals surface area contributed by atoms with Crippen molar-refractivity contribution < 1.29 is 27.4 Å². The van der Waals surface area contributed by atoms with Gasteiger partial charge in [0.2, 0.25) is 5.75 Å². The van der Waals surface area contributed by atoms with Crippen molar-refractivity contribution in [2.24, 2.45) is 0 Å². The summed E-state index contributed by atoms with van der Waals surface area (Å²) in [6.07, 6.45) is 0. The van der Waals surface area contributed by atoms with E-state index in [1.54, 1.807) is 0 Å². The molecular weight excluding hydrogens is 254 g/mol. The molecule has 8 nitrogen and oxygen atoms in total. The van der Waals surface area contributed by atoms with Crippen molar-refractivity contribution in [2.75, 3.05) is 14.2 Å².